The van der Waals surface area contributed by atoms with E-state index in [0.717, 1.165) is 11.3 Å². The topological polar surface area (TPSA) is 85.2 Å². The van der Waals surface area contributed by atoms with Gasteiger partial charge in [0.15, 0.2) is 0 Å². The molecule has 0 spiro atoms. The first-order valence-electron chi connectivity index (χ1n) is 9.00. The lowest BCUT2D eigenvalue weighted by Crippen LogP contribution is -2.50. The number of hydrogen-bond donors (Lipinski definition) is 2. The fourth-order valence-corrected chi connectivity index (χ4v) is 2.47. The van der Waals surface area contributed by atoms with Crippen molar-refractivity contribution in [2.75, 3.05) is 0 Å². The summed E-state index contributed by atoms with van der Waals surface area (Å²) in [5.74, 6) is -0.310. The molecule has 0 bridgehead atoms. The highest BCUT2D eigenvalue weighted by Gasteiger charge is 2.26. The molecular weight excluding hydrogens is 344 g/mol. The van der Waals surface area contributed by atoms with E-state index in [1.54, 1.807) is 33.3 Å². The number of ether oxygens (including phenoxy) is 1. The summed E-state index contributed by atoms with van der Waals surface area (Å²) in [4.78, 5) is 28.5. The van der Waals surface area contributed by atoms with Gasteiger partial charge in [-0.15, -0.1) is 0 Å². The maximum atomic E-state index is 12.5. The SMILES string of the molecule is CC(C)C(NC(=O)OC(C)(C)C)C(=O)NCc1ccc(-n2ccnc2)cc1. The molecule has 0 aliphatic rings. The number of carbonyl (C=O) groups excluding carboxylic acids is 2. The molecule has 0 radical (unpaired) electrons. The molecule has 0 aliphatic carbocycles. The van der Waals surface area contributed by atoms with Crippen molar-refractivity contribution in [2.45, 2.75) is 52.8 Å². The second kappa shape index (κ2) is 8.70. The zero-order chi connectivity index (χ0) is 20.0. The Balaban J connectivity index is 1.92. The second-order valence-corrected chi connectivity index (χ2v) is 7.72. The zero-order valence-electron chi connectivity index (χ0n) is 16.5. The van der Waals surface area contributed by atoms with Gasteiger partial charge < -0.3 is 19.9 Å². The highest BCUT2D eigenvalue weighted by atomic mass is 16.6. The summed E-state index contributed by atoms with van der Waals surface area (Å²) in [6.07, 6.45) is 4.72. The largest absolute Gasteiger partial charge is 0.444 e. The second-order valence-electron chi connectivity index (χ2n) is 7.72. The first kappa shape index (κ1) is 20.5. The monoisotopic (exact) mass is 372 g/mol. The van der Waals surface area contributed by atoms with Gasteiger partial charge in [-0.2, -0.15) is 0 Å². The third-order valence-electron chi connectivity index (χ3n) is 3.83. The minimum absolute atomic E-state index is 0.0684. The summed E-state index contributed by atoms with van der Waals surface area (Å²) in [5, 5.41) is 5.53. The third-order valence-corrected chi connectivity index (χ3v) is 3.83. The predicted octanol–water partition coefficient (Wildman–Crippen LogP) is 3.04. The van der Waals surface area contributed by atoms with Gasteiger partial charge in [-0.25, -0.2) is 9.78 Å². The number of alkyl carbamates (subject to hydrolysis) is 1. The van der Waals surface area contributed by atoms with Gasteiger partial charge in [0.05, 0.1) is 6.33 Å². The molecule has 7 heteroatoms. The zero-order valence-corrected chi connectivity index (χ0v) is 16.5. The number of aromatic nitrogens is 2. The van der Waals surface area contributed by atoms with Crippen molar-refractivity contribution in [1.29, 1.82) is 0 Å². The number of benzene rings is 1. The Labute approximate surface area is 160 Å². The van der Waals surface area contributed by atoms with Crippen molar-refractivity contribution in [3.05, 3.63) is 48.5 Å². The highest BCUT2D eigenvalue weighted by molar-refractivity contribution is 5.85. The van der Waals surface area contributed by atoms with E-state index in [-0.39, 0.29) is 11.8 Å². The van der Waals surface area contributed by atoms with E-state index in [4.69, 9.17) is 4.74 Å². The number of imidazole rings is 1. The molecule has 1 aromatic heterocycles. The average Bonchev–Trinajstić information content (AvgIpc) is 3.11. The van der Waals surface area contributed by atoms with Crippen LogP contribution in [-0.2, 0) is 16.1 Å². The van der Waals surface area contributed by atoms with Crippen LogP contribution in [0.15, 0.2) is 43.0 Å². The summed E-state index contributed by atoms with van der Waals surface area (Å²) in [6, 6.07) is 7.15. The molecule has 1 heterocycles. The van der Waals surface area contributed by atoms with Gasteiger partial charge in [0.25, 0.3) is 0 Å². The lowest BCUT2D eigenvalue weighted by atomic mass is 10.0. The number of rotatable bonds is 6. The molecule has 2 rings (SSSR count). The molecule has 2 aromatic rings. The number of carbonyl (C=O) groups is 2. The Kier molecular flexibility index (Phi) is 6.60. The summed E-state index contributed by atoms with van der Waals surface area (Å²) in [5.41, 5.74) is 1.35. The predicted molar refractivity (Wildman–Crippen MR) is 103 cm³/mol. The standard InChI is InChI=1S/C20H28N4O3/c1-14(2)17(23-19(26)27-20(3,4)5)18(25)22-12-15-6-8-16(9-7-15)24-11-10-21-13-24/h6-11,13-14,17H,12H2,1-5H3,(H,22,25)(H,23,26). The third kappa shape index (κ3) is 6.44. The van der Waals surface area contributed by atoms with Crippen LogP contribution in [0.2, 0.25) is 0 Å². The molecule has 0 fully saturated rings. The molecule has 27 heavy (non-hydrogen) atoms. The van der Waals surface area contributed by atoms with E-state index in [1.807, 2.05) is 48.9 Å². The number of nitrogens with one attached hydrogen (secondary N) is 2. The molecule has 146 valence electrons. The lowest BCUT2D eigenvalue weighted by molar-refractivity contribution is -0.124. The Morgan fingerprint density at radius 1 is 1.19 bits per heavy atom. The molecule has 0 saturated heterocycles. The first-order valence-corrected chi connectivity index (χ1v) is 9.00. The Bertz CT molecular complexity index is 747. The lowest BCUT2D eigenvalue weighted by Gasteiger charge is -2.25. The first-order chi connectivity index (χ1) is 12.7. The van der Waals surface area contributed by atoms with Gasteiger partial charge in [-0.1, -0.05) is 26.0 Å². The van der Waals surface area contributed by atoms with Crippen LogP contribution in [0.25, 0.3) is 5.69 Å². The molecular formula is C20H28N4O3. The van der Waals surface area contributed by atoms with Crippen LogP contribution in [0.5, 0.6) is 0 Å². The van der Waals surface area contributed by atoms with Gasteiger partial charge in [-0.3, -0.25) is 4.79 Å². The molecule has 0 saturated carbocycles. The van der Waals surface area contributed by atoms with E-state index in [9.17, 15) is 9.59 Å². The summed E-state index contributed by atoms with van der Waals surface area (Å²) >= 11 is 0. The number of hydrogen-bond acceptors (Lipinski definition) is 4. The maximum absolute atomic E-state index is 12.5. The Morgan fingerprint density at radius 2 is 1.85 bits per heavy atom. The molecule has 7 nitrogen and oxygen atoms in total. The van der Waals surface area contributed by atoms with Gasteiger partial charge >= 0.3 is 6.09 Å². The van der Waals surface area contributed by atoms with Crippen LogP contribution < -0.4 is 10.6 Å². The van der Waals surface area contributed by atoms with Crippen LogP contribution in [0.3, 0.4) is 0 Å². The molecule has 1 atom stereocenters. The summed E-state index contributed by atoms with van der Waals surface area (Å²) in [7, 11) is 0. The molecule has 0 aliphatic heterocycles. The minimum Gasteiger partial charge on any atom is -0.444 e. The molecule has 2 amide bonds. The molecule has 1 unspecified atom stereocenters. The van der Waals surface area contributed by atoms with Crippen LogP contribution in [-0.4, -0.2) is 33.2 Å². The Hall–Kier alpha value is -2.83. The quantitative estimate of drug-likeness (QED) is 0.816. The molecule has 1 aromatic carbocycles. The fourth-order valence-electron chi connectivity index (χ4n) is 2.47. The van der Waals surface area contributed by atoms with E-state index >= 15 is 0 Å². The minimum atomic E-state index is -0.662. The highest BCUT2D eigenvalue weighted by Crippen LogP contribution is 2.11. The maximum Gasteiger partial charge on any atom is 0.408 e. The Morgan fingerprint density at radius 3 is 2.37 bits per heavy atom. The van der Waals surface area contributed by atoms with E-state index < -0.39 is 17.7 Å². The number of amides is 2. The normalized spacial score (nSPS) is 12.5. The van der Waals surface area contributed by atoms with Crippen LogP contribution in [0.1, 0.15) is 40.2 Å². The van der Waals surface area contributed by atoms with Crippen molar-refractivity contribution in [3.8, 4) is 5.69 Å². The van der Waals surface area contributed by atoms with Crippen LogP contribution in [0.4, 0.5) is 4.79 Å². The van der Waals surface area contributed by atoms with Crippen LogP contribution in [0, 0.1) is 5.92 Å². The average molecular weight is 372 g/mol. The summed E-state index contributed by atoms with van der Waals surface area (Å²) in [6.45, 7) is 9.48. The van der Waals surface area contributed by atoms with Gasteiger partial charge in [0.1, 0.15) is 11.6 Å². The van der Waals surface area contributed by atoms with Gasteiger partial charge in [0, 0.05) is 24.6 Å². The van der Waals surface area contributed by atoms with Crippen molar-refractivity contribution >= 4 is 12.0 Å². The van der Waals surface area contributed by atoms with Crippen molar-refractivity contribution in [1.82, 2.24) is 20.2 Å². The van der Waals surface area contributed by atoms with E-state index in [0.29, 0.717) is 6.54 Å². The van der Waals surface area contributed by atoms with Crippen LogP contribution >= 0.6 is 0 Å². The summed E-state index contributed by atoms with van der Waals surface area (Å²) < 4.78 is 7.15. The van der Waals surface area contributed by atoms with Crippen molar-refractivity contribution in [2.24, 2.45) is 5.92 Å². The van der Waals surface area contributed by atoms with Crippen molar-refractivity contribution < 1.29 is 14.3 Å². The number of nitrogens with zero attached hydrogens (tertiary/aromatic N) is 2. The fraction of sp³-hybridized carbons (Fsp3) is 0.450. The van der Waals surface area contributed by atoms with Gasteiger partial charge in [0.2, 0.25) is 5.91 Å². The van der Waals surface area contributed by atoms with Gasteiger partial charge in [-0.05, 0) is 44.4 Å². The smallest absolute Gasteiger partial charge is 0.408 e. The van der Waals surface area contributed by atoms with Crippen molar-refractivity contribution in [3.63, 3.8) is 0 Å². The molecule has 2 N–H and O–H groups in total. The van der Waals surface area contributed by atoms with E-state index in [1.165, 1.54) is 0 Å². The van der Waals surface area contributed by atoms with E-state index in [2.05, 4.69) is 15.6 Å².